The molecule has 2 aromatic carbocycles. The van der Waals surface area contributed by atoms with Gasteiger partial charge in [-0.15, -0.1) is 25.3 Å². The van der Waals surface area contributed by atoms with Crippen LogP contribution in [0.4, 0.5) is 11.4 Å². The standard InChI is InChI=1S/C17H19N3O2S5/c1-12-7-9-14(10-8-12)20(13-5-3-2-4-6-13)27(21,22)15(19-17(25)26)11-18-16(23)24/h2-10,15H,11H2,1H3,(H2,18,23,24)(H2,19,25,26). The summed E-state index contributed by atoms with van der Waals surface area (Å²) >= 11 is 17.9. The maximum absolute atomic E-state index is 13.5. The molecule has 0 heterocycles. The SMILES string of the molecule is Cc1ccc(N(c2ccccc2)S(=O)(=O)C(CNC(=S)S)NC(=S)S)cc1. The van der Waals surface area contributed by atoms with Crippen molar-refractivity contribution in [2.75, 3.05) is 10.8 Å². The third-order valence-corrected chi connectivity index (χ3v) is 6.08. The molecule has 0 spiro atoms. The van der Waals surface area contributed by atoms with E-state index in [1.807, 2.05) is 25.1 Å². The minimum absolute atomic E-state index is 0.0272. The lowest BCUT2D eigenvalue weighted by Gasteiger charge is -2.30. The molecule has 1 atom stereocenters. The second-order valence-electron chi connectivity index (χ2n) is 5.60. The van der Waals surface area contributed by atoms with Crippen molar-refractivity contribution in [3.05, 3.63) is 60.2 Å². The molecule has 5 nitrogen and oxygen atoms in total. The predicted molar refractivity (Wildman–Crippen MR) is 127 cm³/mol. The number of para-hydroxylation sites is 1. The molecular weight excluding hydrogens is 439 g/mol. The average molecular weight is 458 g/mol. The van der Waals surface area contributed by atoms with Crippen molar-refractivity contribution in [2.45, 2.75) is 12.3 Å². The molecule has 0 bridgehead atoms. The Kier molecular flexibility index (Phi) is 7.92. The van der Waals surface area contributed by atoms with Gasteiger partial charge in [0.25, 0.3) is 10.0 Å². The third kappa shape index (κ3) is 6.08. The van der Waals surface area contributed by atoms with E-state index in [2.05, 4.69) is 35.9 Å². The van der Waals surface area contributed by atoms with Crippen LogP contribution in [0.5, 0.6) is 0 Å². The second-order valence-corrected chi connectivity index (χ2v) is 9.88. The molecule has 0 aromatic heterocycles. The highest BCUT2D eigenvalue weighted by Gasteiger charge is 2.34. The van der Waals surface area contributed by atoms with Gasteiger partial charge >= 0.3 is 0 Å². The zero-order valence-corrected chi connectivity index (χ0v) is 18.6. The minimum Gasteiger partial charge on any atom is -0.368 e. The Balaban J connectivity index is 2.54. The number of thiocarbonyl (C=S) groups is 2. The quantitative estimate of drug-likeness (QED) is 0.378. The van der Waals surface area contributed by atoms with E-state index in [1.54, 1.807) is 36.4 Å². The van der Waals surface area contributed by atoms with Crippen LogP contribution in [-0.4, -0.2) is 29.0 Å². The topological polar surface area (TPSA) is 61.4 Å². The first-order chi connectivity index (χ1) is 12.7. The van der Waals surface area contributed by atoms with Crippen LogP contribution in [0.1, 0.15) is 5.56 Å². The van der Waals surface area contributed by atoms with Crippen molar-refractivity contribution in [1.82, 2.24) is 10.6 Å². The lowest BCUT2D eigenvalue weighted by atomic mass is 10.2. The summed E-state index contributed by atoms with van der Waals surface area (Å²) in [6.07, 6.45) is 0. The smallest absolute Gasteiger partial charge is 0.262 e. The molecule has 1 unspecified atom stereocenters. The number of thiol groups is 2. The number of anilines is 2. The molecule has 0 amide bonds. The van der Waals surface area contributed by atoms with Crippen molar-refractivity contribution >= 4 is 79.7 Å². The zero-order valence-electron chi connectivity index (χ0n) is 14.4. The van der Waals surface area contributed by atoms with Crippen LogP contribution in [-0.2, 0) is 10.0 Å². The zero-order chi connectivity index (χ0) is 20.0. The molecule has 0 aliphatic carbocycles. The van der Waals surface area contributed by atoms with Crippen molar-refractivity contribution in [2.24, 2.45) is 0 Å². The van der Waals surface area contributed by atoms with E-state index in [0.29, 0.717) is 11.4 Å². The summed E-state index contributed by atoms with van der Waals surface area (Å²) in [6.45, 7) is 1.91. The highest BCUT2D eigenvalue weighted by Crippen LogP contribution is 2.30. The fraction of sp³-hybridized carbons (Fsp3) is 0.176. The van der Waals surface area contributed by atoms with E-state index in [9.17, 15) is 8.42 Å². The monoisotopic (exact) mass is 457 g/mol. The summed E-state index contributed by atoms with van der Waals surface area (Å²) in [5, 5.41) is 4.37. The Hall–Kier alpha value is -1.33. The molecule has 10 heteroatoms. The number of aryl methyl sites for hydroxylation is 1. The molecule has 0 saturated carbocycles. The Morgan fingerprint density at radius 3 is 2.07 bits per heavy atom. The number of rotatable bonds is 7. The summed E-state index contributed by atoms with van der Waals surface area (Å²) in [6, 6.07) is 16.1. The molecule has 2 rings (SSSR count). The Labute approximate surface area is 181 Å². The van der Waals surface area contributed by atoms with E-state index >= 15 is 0 Å². The predicted octanol–water partition coefficient (Wildman–Crippen LogP) is 3.40. The Morgan fingerprint density at radius 2 is 1.56 bits per heavy atom. The van der Waals surface area contributed by atoms with Gasteiger partial charge in [-0.05, 0) is 31.2 Å². The van der Waals surface area contributed by atoms with Crippen molar-refractivity contribution in [3.8, 4) is 0 Å². The normalized spacial score (nSPS) is 12.1. The molecule has 0 radical (unpaired) electrons. The lowest BCUT2D eigenvalue weighted by molar-refractivity contribution is 0.571. The molecule has 0 aliphatic heterocycles. The van der Waals surface area contributed by atoms with E-state index < -0.39 is 15.4 Å². The summed E-state index contributed by atoms with van der Waals surface area (Å²) in [7, 11) is -3.94. The Bertz CT molecular complexity index is 902. The highest BCUT2D eigenvalue weighted by molar-refractivity contribution is 8.11. The molecule has 0 saturated heterocycles. The number of hydrogen-bond acceptors (Lipinski definition) is 4. The van der Waals surface area contributed by atoms with Gasteiger partial charge < -0.3 is 10.6 Å². The van der Waals surface area contributed by atoms with Gasteiger partial charge in [0.15, 0.2) is 5.37 Å². The average Bonchev–Trinajstić information content (AvgIpc) is 2.60. The van der Waals surface area contributed by atoms with Gasteiger partial charge in [-0.3, -0.25) is 0 Å². The molecule has 144 valence electrons. The fourth-order valence-corrected chi connectivity index (χ4v) is 4.64. The molecule has 2 N–H and O–H groups in total. The van der Waals surface area contributed by atoms with Crippen LogP contribution in [0.2, 0.25) is 0 Å². The summed E-state index contributed by atoms with van der Waals surface area (Å²) in [5.41, 5.74) is 2.04. The second kappa shape index (κ2) is 9.74. The lowest BCUT2D eigenvalue weighted by Crippen LogP contribution is -2.51. The summed E-state index contributed by atoms with van der Waals surface area (Å²) < 4.78 is 28.6. The van der Waals surface area contributed by atoms with Crippen LogP contribution in [0.15, 0.2) is 54.6 Å². The fourth-order valence-electron chi connectivity index (χ4n) is 2.36. The van der Waals surface area contributed by atoms with Crippen LogP contribution in [0.25, 0.3) is 0 Å². The molecule has 0 aliphatic rings. The van der Waals surface area contributed by atoms with Crippen molar-refractivity contribution in [1.29, 1.82) is 0 Å². The van der Waals surface area contributed by atoms with E-state index in [1.165, 1.54) is 4.31 Å². The van der Waals surface area contributed by atoms with E-state index in [-0.39, 0.29) is 15.2 Å². The summed E-state index contributed by atoms with van der Waals surface area (Å²) in [4.78, 5) is 0. The van der Waals surface area contributed by atoms with Crippen LogP contribution in [0, 0.1) is 6.92 Å². The molecular formula is C17H19N3O2S5. The van der Waals surface area contributed by atoms with Gasteiger partial charge in [0.1, 0.15) is 8.64 Å². The number of hydrogen-bond donors (Lipinski definition) is 4. The highest BCUT2D eigenvalue weighted by atomic mass is 32.2. The van der Waals surface area contributed by atoms with E-state index in [4.69, 9.17) is 24.4 Å². The van der Waals surface area contributed by atoms with Gasteiger partial charge in [0.2, 0.25) is 0 Å². The first kappa shape index (κ1) is 22.0. The van der Waals surface area contributed by atoms with Crippen molar-refractivity contribution in [3.63, 3.8) is 0 Å². The van der Waals surface area contributed by atoms with Gasteiger partial charge in [-0.1, -0.05) is 60.3 Å². The number of sulfonamides is 1. The Morgan fingerprint density at radius 1 is 1.00 bits per heavy atom. The maximum atomic E-state index is 13.5. The number of nitrogens with zero attached hydrogens (tertiary/aromatic N) is 1. The number of benzene rings is 2. The first-order valence-corrected chi connectivity index (χ1v) is 11.1. The maximum Gasteiger partial charge on any atom is 0.262 e. The van der Waals surface area contributed by atoms with Crippen molar-refractivity contribution < 1.29 is 8.42 Å². The number of nitrogens with one attached hydrogen (secondary N) is 2. The largest absolute Gasteiger partial charge is 0.368 e. The van der Waals surface area contributed by atoms with Gasteiger partial charge in [0, 0.05) is 0 Å². The van der Waals surface area contributed by atoms with Crippen LogP contribution in [0.3, 0.4) is 0 Å². The third-order valence-electron chi connectivity index (χ3n) is 3.60. The molecule has 0 fully saturated rings. The van der Waals surface area contributed by atoms with Gasteiger partial charge in [-0.25, -0.2) is 12.7 Å². The molecule has 2 aromatic rings. The van der Waals surface area contributed by atoms with Crippen LogP contribution < -0.4 is 14.9 Å². The molecule has 27 heavy (non-hydrogen) atoms. The van der Waals surface area contributed by atoms with Crippen LogP contribution >= 0.6 is 49.7 Å². The van der Waals surface area contributed by atoms with E-state index in [0.717, 1.165) is 5.56 Å². The summed E-state index contributed by atoms with van der Waals surface area (Å²) in [5.74, 6) is 0. The van der Waals surface area contributed by atoms with Gasteiger partial charge in [-0.2, -0.15) is 0 Å². The first-order valence-electron chi connectivity index (χ1n) is 7.84. The van der Waals surface area contributed by atoms with Gasteiger partial charge in [0.05, 0.1) is 17.9 Å². The minimum atomic E-state index is -3.94.